The van der Waals surface area contributed by atoms with Crippen molar-refractivity contribution in [3.05, 3.63) is 54.2 Å². The van der Waals surface area contributed by atoms with E-state index < -0.39 is 211 Å². The predicted molar refractivity (Wildman–Crippen MR) is 415 cm³/mol. The van der Waals surface area contributed by atoms with E-state index >= 15 is 0 Å². The number of para-hydroxylation sites is 1. The summed E-state index contributed by atoms with van der Waals surface area (Å²) >= 11 is 5.62. The van der Waals surface area contributed by atoms with Crippen LogP contribution in [0.1, 0.15) is 132 Å². The molecule has 0 radical (unpaired) electrons. The molecule has 37 nitrogen and oxygen atoms in total. The van der Waals surface area contributed by atoms with Gasteiger partial charge in [0.15, 0.2) is 0 Å². The van der Waals surface area contributed by atoms with Crippen molar-refractivity contribution in [1.82, 2.24) is 88.6 Å². The molecule has 16 atom stereocenters. The van der Waals surface area contributed by atoms with E-state index in [4.69, 9.17) is 5.73 Å². The van der Waals surface area contributed by atoms with Gasteiger partial charge in [0, 0.05) is 60.7 Å². The number of hydrogen-bond acceptors (Lipinski definition) is 22. The van der Waals surface area contributed by atoms with Gasteiger partial charge in [0.1, 0.15) is 84.6 Å². The van der Waals surface area contributed by atoms with Crippen LogP contribution in [0.2, 0.25) is 0 Å². The first-order chi connectivity index (χ1) is 53.0. The average Bonchev–Trinajstić information content (AvgIpc) is 1.62. The molecule has 622 valence electrons. The Morgan fingerprint density at radius 3 is 1.58 bits per heavy atom. The SMILES string of the molecule is CC[C@H](C)[C@H](NC(=O)[C@H](CC(C)C)NC(=O)[C@H](Cc1cnc[nH]1)NC(=O)[C@H](CS)NC(=O)[C@H](CO)NC(=O)[C@@H](NC(=O)CN)[C@@H](C)O)C(=O)N1CCC[C@H]1C(=O)N[C@@H](CO)C(=O)N1CCC[C@H]1C(=O)N[C@@H](Cc1c[nH]c2ccccc12)C(=O)N[C@@H](CC(C)C)C(=O)N[C@@H](C)C(=O)N[C@@H](CCSC)C(=O)N[C@H](C(=O)O)C(C)C. The van der Waals surface area contributed by atoms with E-state index in [1.165, 1.54) is 47.9 Å². The highest BCUT2D eigenvalue weighted by Crippen LogP contribution is 2.26. The number of nitrogens with one attached hydrogen (secondary N) is 14. The van der Waals surface area contributed by atoms with Crippen molar-refractivity contribution in [3.63, 3.8) is 0 Å². The van der Waals surface area contributed by atoms with Gasteiger partial charge in [-0.1, -0.05) is 80.0 Å². The standard InChI is InChI=1S/C73H114N18O19S2/c1-12-39(8)58(89-65(101)48(26-37(4)5)81-64(100)50(28-43-31-75-35-77-43)82-67(103)53(34-111)86-66(102)51(32-92)84-70(106)59(41(10)94)87-56(95)29-74)72(108)91-23-16-20-55(91)69(105)85-52(33-93)71(107)90-22-15-19-54(90)68(104)83-49(27-42-30-76-45-18-14-13-17-44(42)45)63(99)80-47(25-36(2)3)62(98)78-40(9)60(96)79-46(21-24-112-11)61(97)88-57(38(6)7)73(109)110/h13-14,17-18,30-31,35-41,46-55,57-59,76,92-94,111H,12,15-16,19-29,32-34,74H2,1-11H3,(H,75,77)(H,78,98)(H,79,96)(H,80,99)(H,81,100)(H,82,103)(H,83,104)(H,84,106)(H,85,105)(H,86,102)(H,87,95)(H,88,97)(H,89,101)(H,109,110)/t39-,40-,41+,46-,47-,48-,49-,50-,51-,52-,53-,54-,55-,57-,58-,59-/m0/s1. The Morgan fingerprint density at radius 2 is 1.06 bits per heavy atom. The molecule has 2 aliphatic rings. The van der Waals surface area contributed by atoms with Crippen molar-refractivity contribution < 1.29 is 92.3 Å². The molecule has 2 saturated heterocycles. The number of imidazole rings is 1. The number of hydrogen-bond donors (Lipinski definition) is 20. The normalized spacial score (nSPS) is 18.0. The van der Waals surface area contributed by atoms with E-state index in [-0.39, 0.29) is 82.0 Å². The van der Waals surface area contributed by atoms with Gasteiger partial charge in [-0.3, -0.25) is 67.1 Å². The van der Waals surface area contributed by atoms with Crippen LogP contribution in [-0.4, -0.2) is 275 Å². The van der Waals surface area contributed by atoms with Gasteiger partial charge in [0.2, 0.25) is 82.7 Å². The van der Waals surface area contributed by atoms with Gasteiger partial charge >= 0.3 is 5.97 Å². The summed E-state index contributed by atoms with van der Waals surface area (Å²) in [6.45, 7) is 14.0. The quantitative estimate of drug-likeness (QED) is 0.0243. The number of carbonyl (C=O) groups excluding carboxylic acids is 14. The molecule has 0 aliphatic carbocycles. The fourth-order valence-corrected chi connectivity index (χ4v) is 13.7. The molecule has 0 saturated carbocycles. The molecule has 112 heavy (non-hydrogen) atoms. The summed E-state index contributed by atoms with van der Waals surface area (Å²) in [5.74, 6) is -14.6. The average molecular weight is 1610 g/mol. The summed E-state index contributed by atoms with van der Waals surface area (Å²) in [6.07, 6.45) is 5.60. The van der Waals surface area contributed by atoms with Gasteiger partial charge in [-0.25, -0.2) is 9.78 Å². The molecule has 2 aromatic heterocycles. The van der Waals surface area contributed by atoms with Crippen molar-refractivity contribution >= 4 is 124 Å². The Kier molecular flexibility index (Phi) is 37.7. The maximum Gasteiger partial charge on any atom is 0.326 e. The van der Waals surface area contributed by atoms with E-state index in [1.807, 2.05) is 12.1 Å². The van der Waals surface area contributed by atoms with Gasteiger partial charge in [0.05, 0.1) is 32.2 Å². The van der Waals surface area contributed by atoms with Crippen molar-refractivity contribution in [2.45, 2.75) is 224 Å². The smallest absolute Gasteiger partial charge is 0.326 e. The molecule has 2 aliphatic heterocycles. The maximum atomic E-state index is 14.9. The molecular weight excluding hydrogens is 1500 g/mol. The second-order valence-electron chi connectivity index (χ2n) is 29.5. The number of nitrogens with zero attached hydrogens (tertiary/aromatic N) is 3. The van der Waals surface area contributed by atoms with Crippen LogP contribution in [-0.2, 0) is 84.8 Å². The first-order valence-corrected chi connectivity index (χ1v) is 39.7. The summed E-state index contributed by atoms with van der Waals surface area (Å²) in [4.78, 5) is 221. The fraction of sp³-hybridized carbons (Fsp3) is 0.644. The number of carboxylic acid groups (broad SMARTS) is 1. The molecule has 0 spiro atoms. The van der Waals surface area contributed by atoms with Crippen LogP contribution in [0.3, 0.4) is 0 Å². The molecule has 1 aromatic carbocycles. The molecule has 20 N–H and O–H groups in total. The third kappa shape index (κ3) is 27.2. The number of carbonyl (C=O) groups is 15. The number of aliphatic hydroxyl groups is 3. The number of carboxylic acids is 1. The highest BCUT2D eigenvalue weighted by atomic mass is 32.2. The lowest BCUT2D eigenvalue weighted by atomic mass is 9.95. The molecule has 3 aromatic rings. The summed E-state index contributed by atoms with van der Waals surface area (Å²) in [6, 6.07) is -12.3. The van der Waals surface area contributed by atoms with Crippen molar-refractivity contribution in [1.29, 1.82) is 0 Å². The Balaban J connectivity index is 1.31. The lowest BCUT2D eigenvalue weighted by molar-refractivity contribution is -0.146. The fourth-order valence-electron chi connectivity index (χ4n) is 12.9. The number of amides is 14. The molecule has 39 heteroatoms. The number of thioether (sulfide) groups is 1. The number of likely N-dealkylation sites (tertiary alicyclic amines) is 2. The van der Waals surface area contributed by atoms with Crippen molar-refractivity contribution in [2.75, 3.05) is 50.6 Å². The topological polar surface area (TPSA) is 558 Å². The highest BCUT2D eigenvalue weighted by Gasteiger charge is 2.45. The first-order valence-electron chi connectivity index (χ1n) is 37.7. The Hall–Kier alpha value is -9.44. The first kappa shape index (κ1) is 93.2. The maximum absolute atomic E-state index is 14.9. The molecule has 14 amide bonds. The lowest BCUT2D eigenvalue weighted by Crippen LogP contribution is -2.62. The number of rotatable bonds is 45. The van der Waals surface area contributed by atoms with E-state index in [0.717, 1.165) is 5.39 Å². The van der Waals surface area contributed by atoms with E-state index in [1.54, 1.807) is 80.0 Å². The number of aromatic nitrogens is 3. The highest BCUT2D eigenvalue weighted by molar-refractivity contribution is 7.98. The van der Waals surface area contributed by atoms with Crippen LogP contribution in [0.25, 0.3) is 10.9 Å². The van der Waals surface area contributed by atoms with Gasteiger partial charge in [0.25, 0.3) is 0 Å². The largest absolute Gasteiger partial charge is 0.480 e. The Labute approximate surface area is 660 Å². The van der Waals surface area contributed by atoms with Crippen LogP contribution in [0.5, 0.6) is 0 Å². The monoisotopic (exact) mass is 1610 g/mol. The van der Waals surface area contributed by atoms with Gasteiger partial charge < -0.3 is 110 Å². The zero-order valence-corrected chi connectivity index (χ0v) is 66.9. The number of aliphatic carboxylic acids is 1. The number of aliphatic hydroxyl groups excluding tert-OH is 3. The van der Waals surface area contributed by atoms with Crippen LogP contribution in [0.15, 0.2) is 43.0 Å². The Bertz CT molecular complexity index is 3730. The summed E-state index contributed by atoms with van der Waals surface area (Å²) in [5.41, 5.74) is 7.00. The summed E-state index contributed by atoms with van der Waals surface area (Å²) in [5, 5.41) is 72.3. The third-order valence-corrected chi connectivity index (χ3v) is 20.4. The summed E-state index contributed by atoms with van der Waals surface area (Å²) < 4.78 is 0. The molecule has 0 unspecified atom stereocenters. The van der Waals surface area contributed by atoms with Gasteiger partial charge in [-0.15, -0.1) is 0 Å². The number of aromatic amines is 2. The third-order valence-electron chi connectivity index (χ3n) is 19.4. The number of nitrogens with two attached hydrogens (primary N) is 1. The predicted octanol–water partition coefficient (Wildman–Crippen LogP) is -3.62. The second kappa shape index (κ2) is 45.3. The van der Waals surface area contributed by atoms with Crippen molar-refractivity contribution in [2.24, 2.45) is 29.4 Å². The minimum absolute atomic E-state index is 0.000122. The van der Waals surface area contributed by atoms with Crippen LogP contribution in [0, 0.1) is 23.7 Å². The zero-order valence-electron chi connectivity index (χ0n) is 65.2. The van der Waals surface area contributed by atoms with E-state index in [2.05, 4.69) is 91.4 Å². The molecule has 5 rings (SSSR count). The van der Waals surface area contributed by atoms with Gasteiger partial charge in [-0.05, 0) is 106 Å². The van der Waals surface area contributed by atoms with Gasteiger partial charge in [-0.2, -0.15) is 24.4 Å². The van der Waals surface area contributed by atoms with Crippen LogP contribution < -0.4 is 69.5 Å². The molecule has 2 fully saturated rings. The minimum Gasteiger partial charge on any atom is -0.480 e. The minimum atomic E-state index is -1.72. The number of H-pyrrole nitrogens is 2. The van der Waals surface area contributed by atoms with Crippen LogP contribution >= 0.6 is 24.4 Å². The number of thiol groups is 1. The lowest BCUT2D eigenvalue weighted by Gasteiger charge is -2.33. The van der Waals surface area contributed by atoms with E-state index in [9.17, 15) is 92.3 Å². The molecule has 0 bridgehead atoms. The molecular formula is C73H114N18O19S2. The molecule has 4 heterocycles. The van der Waals surface area contributed by atoms with Crippen LogP contribution in [0.4, 0.5) is 0 Å². The number of fused-ring (bicyclic) bond motifs is 1. The summed E-state index contributed by atoms with van der Waals surface area (Å²) in [7, 11) is 0. The zero-order chi connectivity index (χ0) is 83.4. The second-order valence-corrected chi connectivity index (χ2v) is 30.8. The number of benzene rings is 1. The van der Waals surface area contributed by atoms with Crippen molar-refractivity contribution in [3.8, 4) is 0 Å². The Morgan fingerprint density at radius 1 is 0.571 bits per heavy atom. The van der Waals surface area contributed by atoms with E-state index in [0.29, 0.717) is 35.4 Å².